The molecule has 0 unspecified atom stereocenters. The van der Waals surface area contributed by atoms with E-state index < -0.39 is 0 Å². The van der Waals surface area contributed by atoms with Gasteiger partial charge in [0.2, 0.25) is 0 Å². The fraction of sp³-hybridized carbons (Fsp3) is 0.600. The Morgan fingerprint density at radius 2 is 1.82 bits per heavy atom. The number of aliphatic hydroxyl groups excluding tert-OH is 1. The van der Waals surface area contributed by atoms with Gasteiger partial charge in [-0.25, -0.2) is 0 Å². The van der Waals surface area contributed by atoms with Crippen LogP contribution in [0.15, 0.2) is 30.3 Å². The van der Waals surface area contributed by atoms with Gasteiger partial charge >= 0.3 is 0 Å². The van der Waals surface area contributed by atoms with Crippen LogP contribution in [-0.4, -0.2) is 29.2 Å². The van der Waals surface area contributed by atoms with E-state index in [4.69, 9.17) is 0 Å². The molecule has 2 nitrogen and oxygen atoms in total. The third kappa shape index (κ3) is 2.88. The number of nitrogens with zero attached hydrogens (tertiary/aromatic N) is 1. The van der Waals surface area contributed by atoms with Gasteiger partial charge in [-0.05, 0) is 32.4 Å². The van der Waals surface area contributed by atoms with Crippen LogP contribution in [0.5, 0.6) is 0 Å². The Morgan fingerprint density at radius 3 is 2.47 bits per heavy atom. The van der Waals surface area contributed by atoms with E-state index in [1.807, 2.05) is 6.07 Å². The van der Waals surface area contributed by atoms with E-state index in [9.17, 15) is 5.11 Å². The number of likely N-dealkylation sites (N-methyl/N-ethyl adjacent to an activating group) is 1. The summed E-state index contributed by atoms with van der Waals surface area (Å²) < 4.78 is 0. The molecule has 1 aliphatic carbocycles. The second kappa shape index (κ2) is 5.65. The molecule has 0 spiro atoms. The maximum Gasteiger partial charge on any atom is 0.0695 e. The molecule has 1 saturated carbocycles. The lowest BCUT2D eigenvalue weighted by Crippen LogP contribution is -2.44. The second-order valence-corrected chi connectivity index (χ2v) is 5.17. The fourth-order valence-corrected chi connectivity index (χ4v) is 2.82. The lowest BCUT2D eigenvalue weighted by molar-refractivity contribution is 0.0155. The van der Waals surface area contributed by atoms with E-state index in [0.717, 1.165) is 12.8 Å². The van der Waals surface area contributed by atoms with Crippen LogP contribution in [0, 0.1) is 0 Å². The van der Waals surface area contributed by atoms with Crippen LogP contribution in [0.1, 0.15) is 44.2 Å². The van der Waals surface area contributed by atoms with Crippen molar-refractivity contribution in [3.8, 4) is 0 Å². The number of aliphatic hydroxyl groups is 1. The molecule has 94 valence electrons. The van der Waals surface area contributed by atoms with Crippen molar-refractivity contribution >= 4 is 0 Å². The van der Waals surface area contributed by atoms with Crippen LogP contribution in [0.4, 0.5) is 0 Å². The minimum absolute atomic E-state index is 0.153. The minimum Gasteiger partial charge on any atom is -0.391 e. The summed E-state index contributed by atoms with van der Waals surface area (Å²) in [4.78, 5) is 2.33. The van der Waals surface area contributed by atoms with Gasteiger partial charge in [-0.3, -0.25) is 4.90 Å². The van der Waals surface area contributed by atoms with Crippen LogP contribution in [0.3, 0.4) is 0 Å². The lowest BCUT2D eigenvalue weighted by atomic mass is 9.90. The van der Waals surface area contributed by atoms with Crippen molar-refractivity contribution in [1.82, 2.24) is 4.90 Å². The van der Waals surface area contributed by atoms with E-state index in [0.29, 0.717) is 12.1 Å². The van der Waals surface area contributed by atoms with E-state index in [-0.39, 0.29) is 6.10 Å². The minimum atomic E-state index is -0.153. The Hall–Kier alpha value is -0.860. The SMILES string of the molecule is C[C@@H](c1ccccc1)N(C)[C@H]1CCCC[C@@H]1O. The Balaban J connectivity index is 2.06. The summed E-state index contributed by atoms with van der Waals surface area (Å²) >= 11 is 0. The summed E-state index contributed by atoms with van der Waals surface area (Å²) in [6, 6.07) is 11.2. The Morgan fingerprint density at radius 1 is 1.18 bits per heavy atom. The van der Waals surface area contributed by atoms with Crippen LogP contribution in [0.25, 0.3) is 0 Å². The maximum absolute atomic E-state index is 10.1. The zero-order chi connectivity index (χ0) is 12.3. The zero-order valence-electron chi connectivity index (χ0n) is 10.8. The van der Waals surface area contributed by atoms with Crippen molar-refractivity contribution in [2.75, 3.05) is 7.05 Å². The molecule has 0 aromatic heterocycles. The largest absolute Gasteiger partial charge is 0.391 e. The fourth-order valence-electron chi connectivity index (χ4n) is 2.82. The van der Waals surface area contributed by atoms with Crippen molar-refractivity contribution < 1.29 is 5.11 Å². The Kier molecular flexibility index (Phi) is 4.19. The number of benzene rings is 1. The molecular formula is C15H23NO. The van der Waals surface area contributed by atoms with Gasteiger partial charge in [-0.1, -0.05) is 43.2 Å². The average Bonchev–Trinajstić information content (AvgIpc) is 2.39. The Bertz CT molecular complexity index is 338. The molecule has 0 heterocycles. The zero-order valence-corrected chi connectivity index (χ0v) is 10.8. The summed E-state index contributed by atoms with van der Waals surface area (Å²) in [7, 11) is 2.14. The van der Waals surface area contributed by atoms with Gasteiger partial charge in [0.25, 0.3) is 0 Å². The first-order valence-corrected chi connectivity index (χ1v) is 6.65. The number of rotatable bonds is 3. The van der Waals surface area contributed by atoms with Gasteiger partial charge in [-0.2, -0.15) is 0 Å². The molecule has 1 aromatic carbocycles. The normalized spacial score (nSPS) is 27.1. The molecule has 2 rings (SSSR count). The lowest BCUT2D eigenvalue weighted by Gasteiger charge is -2.38. The highest BCUT2D eigenvalue weighted by atomic mass is 16.3. The summed E-state index contributed by atoms with van der Waals surface area (Å²) in [5, 5.41) is 10.1. The molecule has 17 heavy (non-hydrogen) atoms. The summed E-state index contributed by atoms with van der Waals surface area (Å²) in [6.07, 6.45) is 4.34. The molecule has 3 atom stereocenters. The summed E-state index contributed by atoms with van der Waals surface area (Å²) in [5.74, 6) is 0. The second-order valence-electron chi connectivity index (χ2n) is 5.17. The molecule has 1 fully saturated rings. The highest BCUT2D eigenvalue weighted by Crippen LogP contribution is 2.28. The van der Waals surface area contributed by atoms with Crippen LogP contribution >= 0.6 is 0 Å². The summed E-state index contributed by atoms with van der Waals surface area (Å²) in [6.45, 7) is 2.22. The van der Waals surface area contributed by atoms with Crippen LogP contribution in [0.2, 0.25) is 0 Å². The molecule has 1 aromatic rings. The van der Waals surface area contributed by atoms with Crippen molar-refractivity contribution in [3.05, 3.63) is 35.9 Å². The van der Waals surface area contributed by atoms with Crippen molar-refractivity contribution in [2.24, 2.45) is 0 Å². The van der Waals surface area contributed by atoms with Gasteiger partial charge in [-0.15, -0.1) is 0 Å². The van der Waals surface area contributed by atoms with Crippen LogP contribution in [-0.2, 0) is 0 Å². The predicted molar refractivity (Wildman–Crippen MR) is 70.9 cm³/mol. The number of hydrogen-bond donors (Lipinski definition) is 1. The van der Waals surface area contributed by atoms with E-state index in [2.05, 4.69) is 43.1 Å². The molecule has 1 N–H and O–H groups in total. The predicted octanol–water partition coefficient (Wildman–Crippen LogP) is 2.98. The van der Waals surface area contributed by atoms with E-state index >= 15 is 0 Å². The standard InChI is InChI=1S/C15H23NO/c1-12(13-8-4-3-5-9-13)16(2)14-10-6-7-11-15(14)17/h3-5,8-9,12,14-15,17H,6-7,10-11H2,1-2H3/t12-,14-,15-/m0/s1. The van der Waals surface area contributed by atoms with Gasteiger partial charge in [0, 0.05) is 12.1 Å². The van der Waals surface area contributed by atoms with Gasteiger partial charge in [0.1, 0.15) is 0 Å². The monoisotopic (exact) mass is 233 g/mol. The van der Waals surface area contributed by atoms with Crippen LogP contribution < -0.4 is 0 Å². The van der Waals surface area contributed by atoms with Gasteiger partial charge in [0.05, 0.1) is 6.10 Å². The van der Waals surface area contributed by atoms with E-state index in [1.54, 1.807) is 0 Å². The third-order valence-corrected chi connectivity index (χ3v) is 4.11. The molecule has 0 aliphatic heterocycles. The van der Waals surface area contributed by atoms with Gasteiger partial charge < -0.3 is 5.11 Å². The molecule has 1 aliphatic rings. The number of hydrogen-bond acceptors (Lipinski definition) is 2. The van der Waals surface area contributed by atoms with Gasteiger partial charge in [0.15, 0.2) is 0 Å². The van der Waals surface area contributed by atoms with Crippen molar-refractivity contribution in [2.45, 2.75) is 50.8 Å². The Labute approximate surface area is 104 Å². The summed E-state index contributed by atoms with van der Waals surface area (Å²) in [5.41, 5.74) is 1.33. The first kappa shape index (κ1) is 12.6. The highest BCUT2D eigenvalue weighted by molar-refractivity contribution is 5.18. The topological polar surface area (TPSA) is 23.5 Å². The average molecular weight is 233 g/mol. The van der Waals surface area contributed by atoms with E-state index in [1.165, 1.54) is 18.4 Å². The third-order valence-electron chi connectivity index (χ3n) is 4.11. The molecule has 0 radical (unpaired) electrons. The van der Waals surface area contributed by atoms with Crippen molar-refractivity contribution in [3.63, 3.8) is 0 Å². The first-order valence-electron chi connectivity index (χ1n) is 6.65. The molecule has 0 bridgehead atoms. The quantitative estimate of drug-likeness (QED) is 0.867. The maximum atomic E-state index is 10.1. The highest BCUT2D eigenvalue weighted by Gasteiger charge is 2.29. The van der Waals surface area contributed by atoms with Crippen molar-refractivity contribution in [1.29, 1.82) is 0 Å². The molecule has 0 amide bonds. The first-order chi connectivity index (χ1) is 8.20. The molecule has 0 saturated heterocycles. The molecule has 2 heteroatoms. The smallest absolute Gasteiger partial charge is 0.0695 e. The molecular weight excluding hydrogens is 210 g/mol.